The van der Waals surface area contributed by atoms with Gasteiger partial charge in [-0.25, -0.2) is 14.8 Å². The lowest BCUT2D eigenvalue weighted by Gasteiger charge is -1.96. The van der Waals surface area contributed by atoms with Gasteiger partial charge in [0.1, 0.15) is 0 Å². The van der Waals surface area contributed by atoms with Crippen LogP contribution in [0, 0.1) is 0 Å². The highest BCUT2D eigenvalue weighted by molar-refractivity contribution is 5.83. The van der Waals surface area contributed by atoms with E-state index in [4.69, 9.17) is 5.11 Å². The molecule has 2 aromatic rings. The molecular weight excluding hydrogens is 184 g/mol. The van der Waals surface area contributed by atoms with Gasteiger partial charge in [0, 0.05) is 24.2 Å². The number of nitrogens with one attached hydrogen (secondary N) is 1. The van der Waals surface area contributed by atoms with Gasteiger partial charge >= 0.3 is 5.97 Å². The zero-order valence-electron chi connectivity index (χ0n) is 7.01. The number of aromatic carboxylic acids is 1. The number of rotatable bonds is 2. The zero-order valence-corrected chi connectivity index (χ0v) is 7.01. The third-order valence-electron chi connectivity index (χ3n) is 1.65. The maximum atomic E-state index is 10.5. The molecule has 14 heavy (non-hydrogen) atoms. The van der Waals surface area contributed by atoms with Gasteiger partial charge in [-0.3, -0.25) is 5.10 Å². The quantitative estimate of drug-likeness (QED) is 0.722. The minimum absolute atomic E-state index is 0.215. The summed E-state index contributed by atoms with van der Waals surface area (Å²) in [6.45, 7) is 0. The number of aromatic amines is 1. The van der Waals surface area contributed by atoms with Gasteiger partial charge in [0.2, 0.25) is 5.82 Å². The van der Waals surface area contributed by atoms with Crippen molar-refractivity contribution >= 4 is 5.97 Å². The number of H-pyrrole nitrogens is 1. The summed E-state index contributed by atoms with van der Waals surface area (Å²) in [7, 11) is 0. The molecule has 0 aliphatic heterocycles. The molecule has 0 aliphatic carbocycles. The second-order valence-electron chi connectivity index (χ2n) is 2.57. The Bertz CT molecular complexity index is 435. The van der Waals surface area contributed by atoms with Gasteiger partial charge in [0.25, 0.3) is 0 Å². The van der Waals surface area contributed by atoms with Crippen LogP contribution in [-0.4, -0.2) is 31.2 Å². The van der Waals surface area contributed by atoms with Gasteiger partial charge in [-0.05, 0) is 6.07 Å². The minimum Gasteiger partial charge on any atom is -0.475 e. The lowest BCUT2D eigenvalue weighted by molar-refractivity contribution is 0.0683. The molecule has 0 unspecified atom stereocenters. The Labute approximate surface area is 78.6 Å². The molecule has 6 heteroatoms. The molecule has 0 aliphatic rings. The van der Waals surface area contributed by atoms with Crippen LogP contribution in [0.1, 0.15) is 10.6 Å². The Morgan fingerprint density at radius 2 is 2.07 bits per heavy atom. The molecule has 70 valence electrons. The second-order valence-corrected chi connectivity index (χ2v) is 2.57. The molecule has 0 atom stereocenters. The van der Waals surface area contributed by atoms with Crippen LogP contribution < -0.4 is 0 Å². The van der Waals surface area contributed by atoms with Crippen LogP contribution >= 0.6 is 0 Å². The first-order valence-electron chi connectivity index (χ1n) is 3.82. The van der Waals surface area contributed by atoms with E-state index in [9.17, 15) is 4.79 Å². The molecule has 2 N–H and O–H groups in total. The normalized spacial score (nSPS) is 10.0. The van der Waals surface area contributed by atoms with Crippen molar-refractivity contribution in [3.05, 3.63) is 30.5 Å². The third kappa shape index (κ3) is 1.45. The monoisotopic (exact) mass is 190 g/mol. The summed E-state index contributed by atoms with van der Waals surface area (Å²) in [6, 6.07) is 1.75. The van der Waals surface area contributed by atoms with Crippen LogP contribution in [0.2, 0.25) is 0 Å². The topological polar surface area (TPSA) is 91.8 Å². The highest BCUT2D eigenvalue weighted by atomic mass is 16.4. The van der Waals surface area contributed by atoms with Crippen LogP contribution in [0.5, 0.6) is 0 Å². The Hall–Kier alpha value is -2.24. The molecule has 0 spiro atoms. The summed E-state index contributed by atoms with van der Waals surface area (Å²) in [5.74, 6) is -1.35. The summed E-state index contributed by atoms with van der Waals surface area (Å²) in [5.41, 5.74) is 1.45. The molecule has 0 aromatic carbocycles. The number of carboxylic acid groups (broad SMARTS) is 1. The molecule has 2 aromatic heterocycles. The molecule has 0 amide bonds. The summed E-state index contributed by atoms with van der Waals surface area (Å²) in [5, 5.41) is 15.0. The fourth-order valence-electron chi connectivity index (χ4n) is 0.994. The largest absolute Gasteiger partial charge is 0.475 e. The van der Waals surface area contributed by atoms with E-state index in [-0.39, 0.29) is 5.82 Å². The van der Waals surface area contributed by atoms with Crippen molar-refractivity contribution < 1.29 is 9.90 Å². The molecule has 6 nitrogen and oxygen atoms in total. The lowest BCUT2D eigenvalue weighted by Crippen LogP contribution is -2.03. The molecule has 0 fully saturated rings. The summed E-state index contributed by atoms with van der Waals surface area (Å²) < 4.78 is 0. The highest BCUT2D eigenvalue weighted by Gasteiger charge is 2.06. The SMILES string of the molecule is O=C(O)c1ncc(-c2ccn[nH]2)cn1. The van der Waals surface area contributed by atoms with Crippen molar-refractivity contribution in [2.24, 2.45) is 0 Å². The Morgan fingerprint density at radius 1 is 1.36 bits per heavy atom. The number of carboxylic acids is 1. The predicted molar refractivity (Wildman–Crippen MR) is 46.6 cm³/mol. The van der Waals surface area contributed by atoms with Gasteiger partial charge in [0.05, 0.1) is 5.69 Å². The molecule has 0 bridgehead atoms. The second kappa shape index (κ2) is 3.25. The third-order valence-corrected chi connectivity index (χ3v) is 1.65. The molecule has 0 saturated carbocycles. The molecular formula is C8H6N4O2. The van der Waals surface area contributed by atoms with Crippen molar-refractivity contribution in [2.45, 2.75) is 0 Å². The van der Waals surface area contributed by atoms with Crippen molar-refractivity contribution in [1.29, 1.82) is 0 Å². The van der Waals surface area contributed by atoms with Crippen LogP contribution in [-0.2, 0) is 0 Å². The van der Waals surface area contributed by atoms with E-state index in [1.165, 1.54) is 12.4 Å². The molecule has 0 saturated heterocycles. The Balaban J connectivity index is 2.36. The van der Waals surface area contributed by atoms with E-state index >= 15 is 0 Å². The summed E-state index contributed by atoms with van der Waals surface area (Å²) in [4.78, 5) is 17.8. The fourth-order valence-corrected chi connectivity index (χ4v) is 0.994. The molecule has 0 radical (unpaired) electrons. The average Bonchev–Trinajstić information content (AvgIpc) is 2.71. The van der Waals surface area contributed by atoms with Gasteiger partial charge in [-0.2, -0.15) is 5.10 Å². The van der Waals surface area contributed by atoms with E-state index < -0.39 is 5.97 Å². The zero-order chi connectivity index (χ0) is 9.97. The van der Waals surface area contributed by atoms with Crippen LogP contribution in [0.4, 0.5) is 0 Å². The number of carbonyl (C=O) groups is 1. The Morgan fingerprint density at radius 3 is 2.57 bits per heavy atom. The number of nitrogens with zero attached hydrogens (tertiary/aromatic N) is 3. The average molecular weight is 190 g/mol. The van der Waals surface area contributed by atoms with Crippen LogP contribution in [0.25, 0.3) is 11.3 Å². The first-order chi connectivity index (χ1) is 6.77. The fraction of sp³-hybridized carbons (Fsp3) is 0. The molecule has 2 rings (SSSR count). The summed E-state index contributed by atoms with van der Waals surface area (Å²) in [6.07, 6.45) is 4.47. The van der Waals surface area contributed by atoms with Crippen molar-refractivity contribution in [2.75, 3.05) is 0 Å². The van der Waals surface area contributed by atoms with Gasteiger partial charge in [-0.15, -0.1) is 0 Å². The van der Waals surface area contributed by atoms with Crippen molar-refractivity contribution in [3.8, 4) is 11.3 Å². The van der Waals surface area contributed by atoms with E-state index in [0.29, 0.717) is 5.56 Å². The van der Waals surface area contributed by atoms with Crippen molar-refractivity contribution in [3.63, 3.8) is 0 Å². The van der Waals surface area contributed by atoms with Crippen molar-refractivity contribution in [1.82, 2.24) is 20.2 Å². The summed E-state index contributed by atoms with van der Waals surface area (Å²) >= 11 is 0. The number of hydrogen-bond donors (Lipinski definition) is 2. The first kappa shape index (κ1) is 8.36. The van der Waals surface area contributed by atoms with E-state index in [1.807, 2.05) is 0 Å². The highest BCUT2D eigenvalue weighted by Crippen LogP contribution is 2.12. The maximum Gasteiger partial charge on any atom is 0.373 e. The van der Waals surface area contributed by atoms with Gasteiger partial charge in [0.15, 0.2) is 0 Å². The van der Waals surface area contributed by atoms with Crippen LogP contribution in [0.3, 0.4) is 0 Å². The van der Waals surface area contributed by atoms with Gasteiger partial charge in [-0.1, -0.05) is 0 Å². The number of aromatic nitrogens is 4. The minimum atomic E-state index is -1.14. The van der Waals surface area contributed by atoms with E-state index in [0.717, 1.165) is 5.69 Å². The Kier molecular flexibility index (Phi) is 1.94. The first-order valence-corrected chi connectivity index (χ1v) is 3.82. The van der Waals surface area contributed by atoms with E-state index in [1.54, 1.807) is 12.3 Å². The smallest absolute Gasteiger partial charge is 0.373 e. The lowest BCUT2D eigenvalue weighted by atomic mass is 10.2. The maximum absolute atomic E-state index is 10.5. The molecule has 2 heterocycles. The van der Waals surface area contributed by atoms with E-state index in [2.05, 4.69) is 20.2 Å². The van der Waals surface area contributed by atoms with Crippen LogP contribution in [0.15, 0.2) is 24.7 Å². The van der Waals surface area contributed by atoms with Gasteiger partial charge < -0.3 is 5.11 Å². The predicted octanol–water partition coefficient (Wildman–Crippen LogP) is 0.565. The standard InChI is InChI=1S/C8H6N4O2/c13-8(14)7-9-3-5(4-10-7)6-1-2-11-12-6/h1-4H,(H,11,12)(H,13,14). The number of hydrogen-bond acceptors (Lipinski definition) is 4.